The fourth-order valence-electron chi connectivity index (χ4n) is 6.94. The Hall–Kier alpha value is -2.00. The number of ether oxygens (including phenoxy) is 3. The molecule has 8 N–H and O–H groups in total. The van der Waals surface area contributed by atoms with Crippen LogP contribution in [0.4, 0.5) is 0 Å². The lowest BCUT2D eigenvalue weighted by Crippen LogP contribution is -2.55. The highest BCUT2D eigenvalue weighted by atomic mass is 16.8. The molecule has 0 spiro atoms. The molecule has 0 radical (unpaired) electrons. The predicted molar refractivity (Wildman–Crippen MR) is 190 cm³/mol. The van der Waals surface area contributed by atoms with E-state index in [1.165, 1.54) is 0 Å². The molecule has 9 unspecified atom stereocenters. The van der Waals surface area contributed by atoms with Gasteiger partial charge in [0.25, 0.3) is 5.97 Å². The standard InChI is InChI=1S/C39H62O11/c1-26-16-13-11-9-7-5-6-8-10-12-14-17-31(41)22-36-28(3)35(45)25-38(46,49-36)23-32(42)19-15-18-30(40)20-33(43)21-34(44)24-39(47)48-29(4)27(2)37(26)50-39/h5-14,16-17,26-37,40-47H,15,18-25H2,1-4H3/t26?,27-,28?,29+,30?,31?,32?,33?,34?,35+,36?,37?,38-,39-/m1/s1. The minimum absolute atomic E-state index is 0.0183. The molecule has 14 atom stereocenters. The summed E-state index contributed by atoms with van der Waals surface area (Å²) in [6.07, 6.45) is 15.2. The van der Waals surface area contributed by atoms with Gasteiger partial charge in [0.2, 0.25) is 0 Å². The molecule has 0 aromatic rings. The van der Waals surface area contributed by atoms with Gasteiger partial charge in [0.15, 0.2) is 5.79 Å². The molecule has 0 saturated carbocycles. The van der Waals surface area contributed by atoms with Gasteiger partial charge in [0, 0.05) is 37.0 Å². The molecule has 0 amide bonds. The van der Waals surface area contributed by atoms with Gasteiger partial charge in [-0.05, 0) is 39.0 Å². The first-order chi connectivity index (χ1) is 23.6. The van der Waals surface area contributed by atoms with Crippen LogP contribution in [0.3, 0.4) is 0 Å². The normalized spacial score (nSPS) is 43.9. The van der Waals surface area contributed by atoms with Gasteiger partial charge in [0.05, 0.1) is 61.4 Å². The zero-order chi connectivity index (χ0) is 36.9. The van der Waals surface area contributed by atoms with E-state index < -0.39 is 60.6 Å². The smallest absolute Gasteiger partial charge is 0.283 e. The molecule has 50 heavy (non-hydrogen) atoms. The Kier molecular flexibility index (Phi) is 17.2. The third-order valence-electron chi connectivity index (χ3n) is 9.99. The van der Waals surface area contributed by atoms with Crippen LogP contribution in [-0.4, -0.2) is 108 Å². The van der Waals surface area contributed by atoms with Crippen molar-refractivity contribution in [2.75, 3.05) is 0 Å². The summed E-state index contributed by atoms with van der Waals surface area (Å²) in [6.45, 7) is 7.62. The van der Waals surface area contributed by atoms with Gasteiger partial charge in [0.1, 0.15) is 0 Å². The van der Waals surface area contributed by atoms with E-state index in [1.54, 1.807) is 25.2 Å². The van der Waals surface area contributed by atoms with Crippen LogP contribution in [0, 0.1) is 17.8 Å². The highest BCUT2D eigenvalue weighted by Gasteiger charge is 2.47. The topological polar surface area (TPSA) is 190 Å². The second-order valence-corrected chi connectivity index (χ2v) is 14.6. The van der Waals surface area contributed by atoms with E-state index in [0.29, 0.717) is 6.42 Å². The predicted octanol–water partition coefficient (Wildman–Crippen LogP) is 3.46. The third-order valence-corrected chi connectivity index (χ3v) is 9.99. The van der Waals surface area contributed by atoms with Gasteiger partial charge in [-0.15, -0.1) is 0 Å². The van der Waals surface area contributed by atoms with Crippen molar-refractivity contribution in [1.29, 1.82) is 0 Å². The number of aliphatic hydroxyl groups excluding tert-OH is 6. The van der Waals surface area contributed by atoms with E-state index in [-0.39, 0.29) is 75.2 Å². The molecular formula is C39H62O11. The fraction of sp³-hybridized carbons (Fsp3) is 0.692. The fourth-order valence-corrected chi connectivity index (χ4v) is 6.94. The summed E-state index contributed by atoms with van der Waals surface area (Å²) in [4.78, 5) is 0. The molecular weight excluding hydrogens is 644 g/mol. The van der Waals surface area contributed by atoms with Crippen LogP contribution in [0.15, 0.2) is 72.9 Å². The first-order valence-corrected chi connectivity index (χ1v) is 18.2. The minimum Gasteiger partial charge on any atom is -0.393 e. The van der Waals surface area contributed by atoms with E-state index in [1.807, 2.05) is 75.5 Å². The van der Waals surface area contributed by atoms with Crippen LogP contribution in [0.1, 0.15) is 85.5 Å². The van der Waals surface area contributed by atoms with Crippen molar-refractivity contribution in [2.45, 2.75) is 152 Å². The molecule has 3 rings (SSSR count). The average molecular weight is 707 g/mol. The molecule has 284 valence electrons. The largest absolute Gasteiger partial charge is 0.393 e. The second kappa shape index (κ2) is 20.3. The summed E-state index contributed by atoms with van der Waals surface area (Å²) < 4.78 is 17.8. The lowest BCUT2D eigenvalue weighted by atomic mass is 9.84. The number of rotatable bonds is 0. The molecule has 0 aromatic heterocycles. The Balaban J connectivity index is 1.71. The zero-order valence-corrected chi connectivity index (χ0v) is 30.0. The zero-order valence-electron chi connectivity index (χ0n) is 30.0. The van der Waals surface area contributed by atoms with Crippen LogP contribution in [0.2, 0.25) is 0 Å². The van der Waals surface area contributed by atoms with Gasteiger partial charge in [-0.3, -0.25) is 0 Å². The third kappa shape index (κ3) is 14.2. The maximum absolute atomic E-state index is 11.2. The van der Waals surface area contributed by atoms with Crippen molar-refractivity contribution in [3.8, 4) is 0 Å². The van der Waals surface area contributed by atoms with Crippen LogP contribution >= 0.6 is 0 Å². The first kappa shape index (κ1) is 42.4. The van der Waals surface area contributed by atoms with E-state index >= 15 is 0 Å². The van der Waals surface area contributed by atoms with Gasteiger partial charge >= 0.3 is 0 Å². The van der Waals surface area contributed by atoms with Gasteiger partial charge in [-0.1, -0.05) is 93.7 Å². The number of hydrogen-bond donors (Lipinski definition) is 8. The summed E-state index contributed by atoms with van der Waals surface area (Å²) >= 11 is 0. The average Bonchev–Trinajstić information content (AvgIpc) is 3.00. The van der Waals surface area contributed by atoms with E-state index in [2.05, 4.69) is 0 Å². The van der Waals surface area contributed by atoms with Crippen molar-refractivity contribution in [3.05, 3.63) is 72.9 Å². The van der Waals surface area contributed by atoms with Crippen LogP contribution in [0.25, 0.3) is 0 Å². The lowest BCUT2D eigenvalue weighted by molar-refractivity contribution is -0.435. The Morgan fingerprint density at radius 1 is 0.540 bits per heavy atom. The summed E-state index contributed by atoms with van der Waals surface area (Å²) in [5.41, 5.74) is 0. The van der Waals surface area contributed by atoms with E-state index in [9.17, 15) is 40.9 Å². The second-order valence-electron chi connectivity index (χ2n) is 14.6. The van der Waals surface area contributed by atoms with Gasteiger partial charge < -0.3 is 55.1 Å². The quantitative estimate of drug-likeness (QED) is 0.184. The van der Waals surface area contributed by atoms with Crippen molar-refractivity contribution in [1.82, 2.24) is 0 Å². The van der Waals surface area contributed by atoms with Crippen LogP contribution in [-0.2, 0) is 14.2 Å². The molecule has 3 aliphatic heterocycles. The minimum atomic E-state index is -2.04. The maximum atomic E-state index is 11.2. The highest BCUT2D eigenvalue weighted by molar-refractivity contribution is 5.20. The van der Waals surface area contributed by atoms with E-state index in [4.69, 9.17) is 14.2 Å². The SMILES string of the molecule is CC1C=CC=CC=CC=CC=CC=CC(O)CC2O[C@](O)(CC(O)CCCC(O)CC(O)CC(O)C[C@]3(O)OC1[C@H](C)[C@H](C)O3)C[C@H](O)C2C. The monoisotopic (exact) mass is 706 g/mol. The number of aliphatic hydroxyl groups is 8. The van der Waals surface area contributed by atoms with Crippen LogP contribution in [0.5, 0.6) is 0 Å². The number of fused-ring (bicyclic) bond motifs is 4. The molecule has 0 aromatic carbocycles. The molecule has 11 nitrogen and oxygen atoms in total. The molecule has 2 fully saturated rings. The summed E-state index contributed by atoms with van der Waals surface area (Å²) in [5, 5.41) is 86.2. The number of hydrogen-bond acceptors (Lipinski definition) is 11. The molecule has 0 aliphatic carbocycles. The molecule has 2 saturated heterocycles. The molecule has 11 heteroatoms. The Morgan fingerprint density at radius 3 is 1.74 bits per heavy atom. The maximum Gasteiger partial charge on any atom is 0.283 e. The van der Waals surface area contributed by atoms with Crippen LogP contribution < -0.4 is 0 Å². The molecule has 4 bridgehead atoms. The van der Waals surface area contributed by atoms with Crippen molar-refractivity contribution >= 4 is 0 Å². The molecule has 3 heterocycles. The van der Waals surface area contributed by atoms with E-state index in [0.717, 1.165) is 0 Å². The lowest BCUT2D eigenvalue weighted by Gasteiger charge is -2.46. The Bertz CT molecular complexity index is 1180. The Labute approximate surface area is 297 Å². The summed E-state index contributed by atoms with van der Waals surface area (Å²) in [7, 11) is 0. The van der Waals surface area contributed by atoms with Gasteiger partial charge in [-0.25, -0.2) is 0 Å². The van der Waals surface area contributed by atoms with Crippen molar-refractivity contribution < 1.29 is 55.1 Å². The first-order valence-electron chi connectivity index (χ1n) is 18.2. The summed E-state index contributed by atoms with van der Waals surface area (Å²) in [6, 6.07) is 0. The van der Waals surface area contributed by atoms with Gasteiger partial charge in [-0.2, -0.15) is 0 Å². The Morgan fingerprint density at radius 2 is 1.10 bits per heavy atom. The van der Waals surface area contributed by atoms with Crippen molar-refractivity contribution in [2.24, 2.45) is 17.8 Å². The number of allylic oxidation sites excluding steroid dienone is 10. The van der Waals surface area contributed by atoms with Crippen molar-refractivity contribution in [3.63, 3.8) is 0 Å². The summed E-state index contributed by atoms with van der Waals surface area (Å²) in [5.74, 6) is -4.29. The highest BCUT2D eigenvalue weighted by Crippen LogP contribution is 2.38. The molecule has 3 aliphatic rings.